The second-order valence-corrected chi connectivity index (χ2v) is 7.89. The van der Waals surface area contributed by atoms with Crippen molar-refractivity contribution in [3.05, 3.63) is 23.8 Å². The molecule has 0 aliphatic carbocycles. The molecule has 0 spiro atoms. The van der Waals surface area contributed by atoms with Crippen LogP contribution in [0.4, 0.5) is 0 Å². The van der Waals surface area contributed by atoms with Gasteiger partial charge in [0.05, 0.1) is 4.90 Å². The quantitative estimate of drug-likeness (QED) is 0.766. The molecule has 7 heteroatoms. The summed E-state index contributed by atoms with van der Waals surface area (Å²) in [5.74, 6) is 0.672. The average Bonchev–Trinajstić information content (AvgIpc) is 2.40. The van der Waals surface area contributed by atoms with E-state index < -0.39 is 9.05 Å². The average molecular weight is 333 g/mol. The van der Waals surface area contributed by atoms with E-state index in [-0.39, 0.29) is 4.90 Å². The summed E-state index contributed by atoms with van der Waals surface area (Å²) in [6.45, 7) is 7.47. The molecule has 0 bridgehead atoms. The van der Waals surface area contributed by atoms with E-state index >= 15 is 0 Å². The topological polar surface area (TPSA) is 49.9 Å². The van der Waals surface area contributed by atoms with Gasteiger partial charge >= 0.3 is 0 Å². The second-order valence-electron chi connectivity index (χ2n) is 5.36. The van der Waals surface area contributed by atoms with Gasteiger partial charge in [0.15, 0.2) is 0 Å². The predicted molar refractivity (Wildman–Crippen MR) is 83.6 cm³/mol. The van der Waals surface area contributed by atoms with Gasteiger partial charge in [0.1, 0.15) is 12.4 Å². The first-order chi connectivity index (χ1) is 9.86. The van der Waals surface area contributed by atoms with Crippen LogP contribution in [0.3, 0.4) is 0 Å². The smallest absolute Gasteiger partial charge is 0.261 e. The van der Waals surface area contributed by atoms with Crippen LogP contribution in [0.1, 0.15) is 5.56 Å². The fourth-order valence-electron chi connectivity index (χ4n) is 2.35. The lowest BCUT2D eigenvalue weighted by molar-refractivity contribution is 0.133. The number of aryl methyl sites for hydroxylation is 1. The highest BCUT2D eigenvalue weighted by atomic mass is 35.7. The molecule has 21 heavy (non-hydrogen) atoms. The van der Waals surface area contributed by atoms with Crippen molar-refractivity contribution in [1.82, 2.24) is 9.80 Å². The lowest BCUT2D eigenvalue weighted by Gasteiger charge is -2.32. The van der Waals surface area contributed by atoms with Crippen molar-refractivity contribution in [2.24, 2.45) is 0 Å². The maximum atomic E-state index is 11.3. The molecule has 1 heterocycles. The van der Waals surface area contributed by atoms with Crippen molar-refractivity contribution in [3.8, 4) is 5.75 Å². The van der Waals surface area contributed by atoms with Gasteiger partial charge in [-0.1, -0.05) is 0 Å². The first kappa shape index (κ1) is 16.5. The lowest BCUT2D eigenvalue weighted by Crippen LogP contribution is -2.45. The van der Waals surface area contributed by atoms with Gasteiger partial charge in [0, 0.05) is 43.4 Å². The number of halogens is 1. The predicted octanol–water partition coefficient (Wildman–Crippen LogP) is 1.55. The minimum absolute atomic E-state index is 0.135. The molecule has 0 amide bonds. The molecule has 1 aromatic rings. The largest absolute Gasteiger partial charge is 0.492 e. The van der Waals surface area contributed by atoms with Gasteiger partial charge in [-0.25, -0.2) is 8.42 Å². The Bertz CT molecular complexity index is 584. The van der Waals surface area contributed by atoms with E-state index in [1.54, 1.807) is 19.1 Å². The first-order valence-corrected chi connectivity index (χ1v) is 9.26. The van der Waals surface area contributed by atoms with Gasteiger partial charge in [0.2, 0.25) is 0 Å². The Morgan fingerprint density at radius 3 is 2.48 bits per heavy atom. The van der Waals surface area contributed by atoms with Crippen molar-refractivity contribution >= 4 is 19.7 Å². The summed E-state index contributed by atoms with van der Waals surface area (Å²) in [6, 6.07) is 4.84. The summed E-state index contributed by atoms with van der Waals surface area (Å²) < 4.78 is 28.3. The Balaban J connectivity index is 1.85. The second kappa shape index (κ2) is 6.96. The minimum atomic E-state index is -3.69. The van der Waals surface area contributed by atoms with Crippen LogP contribution in [0.5, 0.6) is 5.75 Å². The van der Waals surface area contributed by atoms with E-state index in [0.29, 0.717) is 17.9 Å². The highest BCUT2D eigenvalue weighted by Crippen LogP contribution is 2.23. The Morgan fingerprint density at radius 2 is 1.90 bits per heavy atom. The molecule has 5 nitrogen and oxygen atoms in total. The molecule has 1 saturated heterocycles. The number of hydrogen-bond acceptors (Lipinski definition) is 5. The van der Waals surface area contributed by atoms with Crippen molar-refractivity contribution in [1.29, 1.82) is 0 Å². The fourth-order valence-corrected chi connectivity index (χ4v) is 3.54. The number of benzene rings is 1. The number of hydrogen-bond donors (Lipinski definition) is 0. The third-order valence-corrected chi connectivity index (χ3v) is 5.16. The first-order valence-electron chi connectivity index (χ1n) is 6.95. The number of piperazine rings is 1. The molecule has 1 aliphatic rings. The lowest BCUT2D eigenvalue weighted by atomic mass is 10.2. The molecule has 0 saturated carbocycles. The number of ether oxygens (including phenoxy) is 1. The monoisotopic (exact) mass is 332 g/mol. The molecule has 0 N–H and O–H groups in total. The van der Waals surface area contributed by atoms with Crippen molar-refractivity contribution in [2.45, 2.75) is 11.8 Å². The molecule has 118 valence electrons. The SMILES string of the molecule is Cc1cc(OCCN2CCN(C)CC2)ccc1S(=O)(=O)Cl. The molecule has 0 atom stereocenters. The van der Waals surface area contributed by atoms with Crippen molar-refractivity contribution < 1.29 is 13.2 Å². The van der Waals surface area contributed by atoms with Gasteiger partial charge in [0.25, 0.3) is 9.05 Å². The number of rotatable bonds is 5. The minimum Gasteiger partial charge on any atom is -0.492 e. The van der Waals surface area contributed by atoms with Crippen LogP contribution in [0.15, 0.2) is 23.1 Å². The van der Waals surface area contributed by atoms with Crippen LogP contribution < -0.4 is 4.74 Å². The molecule has 1 aromatic carbocycles. The van der Waals surface area contributed by atoms with Gasteiger partial charge in [-0.3, -0.25) is 4.90 Å². The number of nitrogens with zero attached hydrogens (tertiary/aromatic N) is 2. The van der Waals surface area contributed by atoms with Gasteiger partial charge < -0.3 is 9.64 Å². The van der Waals surface area contributed by atoms with Crippen molar-refractivity contribution in [2.75, 3.05) is 46.4 Å². The molecule has 0 aromatic heterocycles. The maximum Gasteiger partial charge on any atom is 0.261 e. The summed E-state index contributed by atoms with van der Waals surface area (Å²) in [7, 11) is 3.79. The number of likely N-dealkylation sites (N-methyl/N-ethyl adjacent to an activating group) is 1. The highest BCUT2D eigenvalue weighted by Gasteiger charge is 2.15. The van der Waals surface area contributed by atoms with E-state index in [1.807, 2.05) is 0 Å². The zero-order valence-corrected chi connectivity index (χ0v) is 14.0. The Morgan fingerprint density at radius 1 is 1.24 bits per heavy atom. The third-order valence-electron chi connectivity index (χ3n) is 3.68. The van der Waals surface area contributed by atoms with Gasteiger partial charge in [-0.2, -0.15) is 0 Å². The molecule has 1 fully saturated rings. The Labute approximate surface area is 130 Å². The maximum absolute atomic E-state index is 11.3. The standard InChI is InChI=1S/C14H21ClN2O3S/c1-12-11-13(3-4-14(12)21(15,18)19)20-10-9-17-7-5-16(2)6-8-17/h3-4,11H,5-10H2,1-2H3. The van der Waals surface area contributed by atoms with Crippen LogP contribution >= 0.6 is 10.7 Å². The normalized spacial score (nSPS) is 17.9. The van der Waals surface area contributed by atoms with Gasteiger partial charge in [-0.05, 0) is 37.7 Å². The molecular formula is C14H21ClN2O3S. The van der Waals surface area contributed by atoms with Crippen LogP contribution in [0, 0.1) is 6.92 Å². The van der Waals surface area contributed by atoms with Crippen LogP contribution in [-0.2, 0) is 9.05 Å². The van der Waals surface area contributed by atoms with E-state index in [2.05, 4.69) is 16.8 Å². The van der Waals surface area contributed by atoms with Gasteiger partial charge in [-0.15, -0.1) is 0 Å². The molecule has 1 aliphatic heterocycles. The Hall–Kier alpha value is -0.820. The van der Waals surface area contributed by atoms with E-state index in [4.69, 9.17) is 15.4 Å². The van der Waals surface area contributed by atoms with E-state index in [9.17, 15) is 8.42 Å². The molecule has 2 rings (SSSR count). The van der Waals surface area contributed by atoms with E-state index in [0.717, 1.165) is 32.7 Å². The summed E-state index contributed by atoms with van der Waals surface area (Å²) in [5, 5.41) is 0. The Kier molecular flexibility index (Phi) is 5.48. The molecular weight excluding hydrogens is 312 g/mol. The zero-order valence-electron chi connectivity index (χ0n) is 12.4. The summed E-state index contributed by atoms with van der Waals surface area (Å²) >= 11 is 0. The molecule has 0 unspecified atom stereocenters. The van der Waals surface area contributed by atoms with E-state index in [1.165, 1.54) is 6.07 Å². The van der Waals surface area contributed by atoms with Crippen LogP contribution in [-0.4, -0.2) is 64.6 Å². The fraction of sp³-hybridized carbons (Fsp3) is 0.571. The zero-order chi connectivity index (χ0) is 15.5. The summed E-state index contributed by atoms with van der Waals surface area (Å²) in [6.07, 6.45) is 0. The third kappa shape index (κ3) is 4.85. The van der Waals surface area contributed by atoms with Crippen molar-refractivity contribution in [3.63, 3.8) is 0 Å². The molecule has 0 radical (unpaired) electrons. The van der Waals surface area contributed by atoms with Crippen LogP contribution in [0.2, 0.25) is 0 Å². The summed E-state index contributed by atoms with van der Waals surface area (Å²) in [5.41, 5.74) is 0.599. The van der Waals surface area contributed by atoms with Crippen LogP contribution in [0.25, 0.3) is 0 Å². The summed E-state index contributed by atoms with van der Waals surface area (Å²) in [4.78, 5) is 4.81. The highest BCUT2D eigenvalue weighted by molar-refractivity contribution is 8.13.